The first-order valence-corrected chi connectivity index (χ1v) is 9.96. The summed E-state index contributed by atoms with van der Waals surface area (Å²) in [7, 11) is 3.54. The molecule has 2 N–H and O–H groups in total. The van der Waals surface area contributed by atoms with Crippen LogP contribution in [0.3, 0.4) is 0 Å². The molecule has 3 rings (SSSR count). The van der Waals surface area contributed by atoms with Gasteiger partial charge in [-0.25, -0.2) is 4.98 Å². The lowest BCUT2D eigenvalue weighted by molar-refractivity contribution is 0.411. The molecule has 1 aliphatic heterocycles. The van der Waals surface area contributed by atoms with Crippen LogP contribution in [0.25, 0.3) is 0 Å². The molecule has 2 heterocycles. The van der Waals surface area contributed by atoms with E-state index in [0.717, 1.165) is 62.0 Å². The summed E-state index contributed by atoms with van der Waals surface area (Å²) < 4.78 is 5.41. The van der Waals surface area contributed by atoms with Crippen LogP contribution in [0.5, 0.6) is 5.75 Å². The molecule has 6 nitrogen and oxygen atoms in total. The van der Waals surface area contributed by atoms with Gasteiger partial charge in [0.05, 0.1) is 7.11 Å². The molecule has 1 aromatic carbocycles. The second kappa shape index (κ2) is 9.97. The van der Waals surface area contributed by atoms with E-state index in [9.17, 15) is 0 Å². The molecule has 0 spiro atoms. The number of hydrogen-bond acceptors (Lipinski definition) is 4. The Kier molecular flexibility index (Phi) is 7.12. The van der Waals surface area contributed by atoms with E-state index < -0.39 is 0 Å². The number of hydrogen-bond donors (Lipinski definition) is 2. The number of rotatable bonds is 6. The SMILES string of the molecule is CN=C(NCCc1ccc(C)c(OC)c1)NC1CCN(c2ccccn2)CC1. The van der Waals surface area contributed by atoms with E-state index in [1.54, 1.807) is 7.11 Å². The van der Waals surface area contributed by atoms with Crippen molar-refractivity contribution in [3.63, 3.8) is 0 Å². The molecule has 1 aromatic heterocycles. The Labute approximate surface area is 168 Å². The number of aliphatic imine (C=N–C) groups is 1. The van der Waals surface area contributed by atoms with Gasteiger partial charge in [-0.05, 0) is 55.5 Å². The van der Waals surface area contributed by atoms with Gasteiger partial charge in [-0.15, -0.1) is 0 Å². The molecular formula is C22H31N5O. The van der Waals surface area contributed by atoms with Gasteiger partial charge in [-0.3, -0.25) is 4.99 Å². The van der Waals surface area contributed by atoms with Crippen molar-refractivity contribution in [3.05, 3.63) is 53.7 Å². The molecule has 28 heavy (non-hydrogen) atoms. The Morgan fingerprint density at radius 3 is 2.75 bits per heavy atom. The zero-order chi connectivity index (χ0) is 19.8. The molecule has 0 saturated carbocycles. The van der Waals surface area contributed by atoms with Crippen LogP contribution in [0.15, 0.2) is 47.6 Å². The number of nitrogens with zero attached hydrogens (tertiary/aromatic N) is 3. The van der Waals surface area contributed by atoms with Crippen molar-refractivity contribution >= 4 is 11.8 Å². The van der Waals surface area contributed by atoms with E-state index in [2.05, 4.69) is 56.7 Å². The van der Waals surface area contributed by atoms with E-state index in [4.69, 9.17) is 4.74 Å². The molecule has 1 aliphatic rings. The number of guanidine groups is 1. The Morgan fingerprint density at radius 1 is 1.25 bits per heavy atom. The van der Waals surface area contributed by atoms with Crippen LogP contribution in [-0.4, -0.2) is 50.8 Å². The van der Waals surface area contributed by atoms with Crippen molar-refractivity contribution in [2.24, 2.45) is 4.99 Å². The maximum Gasteiger partial charge on any atom is 0.191 e. The van der Waals surface area contributed by atoms with Gasteiger partial charge in [0.2, 0.25) is 0 Å². The van der Waals surface area contributed by atoms with E-state index in [1.165, 1.54) is 5.56 Å². The minimum atomic E-state index is 0.436. The lowest BCUT2D eigenvalue weighted by atomic mass is 10.1. The van der Waals surface area contributed by atoms with Crippen LogP contribution in [-0.2, 0) is 6.42 Å². The molecular weight excluding hydrogens is 350 g/mol. The summed E-state index contributed by atoms with van der Waals surface area (Å²) >= 11 is 0. The Bertz CT molecular complexity index is 770. The number of ether oxygens (including phenoxy) is 1. The highest BCUT2D eigenvalue weighted by molar-refractivity contribution is 5.80. The first kappa shape index (κ1) is 20.0. The fourth-order valence-electron chi connectivity index (χ4n) is 3.53. The van der Waals surface area contributed by atoms with Crippen LogP contribution in [0.2, 0.25) is 0 Å². The predicted octanol–water partition coefficient (Wildman–Crippen LogP) is 2.78. The van der Waals surface area contributed by atoms with Crippen LogP contribution >= 0.6 is 0 Å². The van der Waals surface area contributed by atoms with Crippen molar-refractivity contribution in [3.8, 4) is 5.75 Å². The predicted molar refractivity (Wildman–Crippen MR) is 115 cm³/mol. The van der Waals surface area contributed by atoms with Gasteiger partial charge in [0, 0.05) is 38.9 Å². The molecule has 6 heteroatoms. The second-order valence-electron chi connectivity index (χ2n) is 7.15. The maximum absolute atomic E-state index is 5.41. The lowest BCUT2D eigenvalue weighted by Gasteiger charge is -2.33. The van der Waals surface area contributed by atoms with Gasteiger partial charge in [0.25, 0.3) is 0 Å². The highest BCUT2D eigenvalue weighted by Crippen LogP contribution is 2.19. The maximum atomic E-state index is 5.41. The number of piperidine rings is 1. The molecule has 150 valence electrons. The van der Waals surface area contributed by atoms with E-state index in [0.29, 0.717) is 6.04 Å². The monoisotopic (exact) mass is 381 g/mol. The summed E-state index contributed by atoms with van der Waals surface area (Å²) in [6, 6.07) is 12.9. The van der Waals surface area contributed by atoms with Gasteiger partial charge in [0.15, 0.2) is 5.96 Å². The van der Waals surface area contributed by atoms with E-state index in [-0.39, 0.29) is 0 Å². The third-order valence-electron chi connectivity index (χ3n) is 5.21. The normalized spacial score (nSPS) is 15.4. The van der Waals surface area contributed by atoms with Crippen molar-refractivity contribution in [2.45, 2.75) is 32.2 Å². The molecule has 1 fully saturated rings. The number of anilines is 1. The summed E-state index contributed by atoms with van der Waals surface area (Å²) in [5.41, 5.74) is 2.42. The third kappa shape index (κ3) is 5.38. The molecule has 2 aromatic rings. The number of methoxy groups -OCH3 is 1. The quantitative estimate of drug-likeness (QED) is 0.595. The number of aryl methyl sites for hydroxylation is 1. The summed E-state index contributed by atoms with van der Waals surface area (Å²) in [6.07, 6.45) is 4.93. The minimum Gasteiger partial charge on any atom is -0.496 e. The Morgan fingerprint density at radius 2 is 2.07 bits per heavy atom. The Balaban J connectivity index is 1.43. The van der Waals surface area contributed by atoms with Crippen LogP contribution in [0, 0.1) is 6.92 Å². The highest BCUT2D eigenvalue weighted by atomic mass is 16.5. The summed E-state index contributed by atoms with van der Waals surface area (Å²) in [6.45, 7) is 4.91. The van der Waals surface area contributed by atoms with Crippen LogP contribution < -0.4 is 20.3 Å². The zero-order valence-corrected chi connectivity index (χ0v) is 17.1. The zero-order valence-electron chi connectivity index (χ0n) is 17.1. The van der Waals surface area contributed by atoms with Gasteiger partial charge in [-0.1, -0.05) is 18.2 Å². The van der Waals surface area contributed by atoms with Gasteiger partial charge >= 0.3 is 0 Å². The minimum absolute atomic E-state index is 0.436. The first-order valence-electron chi connectivity index (χ1n) is 9.96. The second-order valence-corrected chi connectivity index (χ2v) is 7.15. The van der Waals surface area contributed by atoms with Crippen LogP contribution in [0.1, 0.15) is 24.0 Å². The molecule has 0 radical (unpaired) electrons. The number of aromatic nitrogens is 1. The molecule has 0 bridgehead atoms. The van der Waals surface area contributed by atoms with Crippen molar-refractivity contribution in [1.82, 2.24) is 15.6 Å². The average Bonchev–Trinajstić information content (AvgIpc) is 2.75. The highest BCUT2D eigenvalue weighted by Gasteiger charge is 2.20. The van der Waals surface area contributed by atoms with Gasteiger partial charge < -0.3 is 20.3 Å². The van der Waals surface area contributed by atoms with Gasteiger partial charge in [0.1, 0.15) is 11.6 Å². The smallest absolute Gasteiger partial charge is 0.191 e. The van der Waals surface area contributed by atoms with Gasteiger partial charge in [-0.2, -0.15) is 0 Å². The standard InChI is InChI=1S/C22H31N5O/c1-17-7-8-18(16-20(17)28-3)9-13-25-22(23-2)26-19-10-14-27(15-11-19)21-6-4-5-12-24-21/h4-8,12,16,19H,9-11,13-15H2,1-3H3,(H2,23,25,26). The number of benzene rings is 1. The Hall–Kier alpha value is -2.76. The molecule has 0 unspecified atom stereocenters. The van der Waals surface area contributed by atoms with E-state index >= 15 is 0 Å². The molecule has 0 amide bonds. The van der Waals surface area contributed by atoms with Crippen molar-refractivity contribution in [2.75, 3.05) is 38.7 Å². The van der Waals surface area contributed by atoms with E-state index in [1.807, 2.05) is 25.4 Å². The summed E-state index contributed by atoms with van der Waals surface area (Å²) in [5.74, 6) is 2.88. The summed E-state index contributed by atoms with van der Waals surface area (Å²) in [5, 5.41) is 7.00. The lowest BCUT2D eigenvalue weighted by Crippen LogP contribution is -2.49. The largest absolute Gasteiger partial charge is 0.496 e. The summed E-state index contributed by atoms with van der Waals surface area (Å²) in [4.78, 5) is 11.2. The third-order valence-corrected chi connectivity index (χ3v) is 5.21. The molecule has 1 saturated heterocycles. The topological polar surface area (TPSA) is 61.8 Å². The molecule has 0 aliphatic carbocycles. The fraction of sp³-hybridized carbons (Fsp3) is 0.455. The first-order chi connectivity index (χ1) is 13.7. The van der Waals surface area contributed by atoms with Crippen molar-refractivity contribution in [1.29, 1.82) is 0 Å². The average molecular weight is 382 g/mol. The van der Waals surface area contributed by atoms with Crippen molar-refractivity contribution < 1.29 is 4.74 Å². The number of pyridine rings is 1. The fourth-order valence-corrected chi connectivity index (χ4v) is 3.53. The van der Waals surface area contributed by atoms with Crippen LogP contribution in [0.4, 0.5) is 5.82 Å². The number of nitrogens with one attached hydrogen (secondary N) is 2. The molecule has 0 atom stereocenters.